The first-order chi connectivity index (χ1) is 11.6. The lowest BCUT2D eigenvalue weighted by molar-refractivity contribution is -0.137. The average Bonchev–Trinajstić information content (AvgIpc) is 3.24. The summed E-state index contributed by atoms with van der Waals surface area (Å²) >= 11 is 0. The lowest BCUT2D eigenvalue weighted by Crippen LogP contribution is -2.37. The van der Waals surface area contributed by atoms with E-state index in [4.69, 9.17) is 29.8 Å². The van der Waals surface area contributed by atoms with Crippen LogP contribution in [0, 0.1) is 0 Å². The SMILES string of the molecule is N[C@@H](CSSC[C@H](N)C(=O)Oc1ccco1)C(=O)Oc1ccco1. The number of esters is 2. The van der Waals surface area contributed by atoms with Gasteiger partial charge in [-0.2, -0.15) is 0 Å². The maximum absolute atomic E-state index is 11.7. The molecule has 0 aliphatic rings. The molecule has 2 heterocycles. The van der Waals surface area contributed by atoms with E-state index >= 15 is 0 Å². The van der Waals surface area contributed by atoms with Crippen LogP contribution in [0.1, 0.15) is 0 Å². The summed E-state index contributed by atoms with van der Waals surface area (Å²) in [7, 11) is 2.61. The van der Waals surface area contributed by atoms with Crippen LogP contribution in [0.15, 0.2) is 45.6 Å². The Balaban J connectivity index is 1.61. The molecular formula is C14H16N2O6S2. The molecule has 10 heteroatoms. The third kappa shape index (κ3) is 5.96. The fourth-order valence-electron chi connectivity index (χ4n) is 1.37. The molecule has 0 spiro atoms. The highest BCUT2D eigenvalue weighted by Crippen LogP contribution is 2.23. The molecule has 0 fully saturated rings. The molecule has 0 saturated heterocycles. The molecule has 0 amide bonds. The van der Waals surface area contributed by atoms with E-state index in [0.717, 1.165) is 0 Å². The summed E-state index contributed by atoms with van der Waals surface area (Å²) in [6.07, 6.45) is 2.78. The molecule has 2 aromatic rings. The van der Waals surface area contributed by atoms with E-state index in [1.165, 1.54) is 46.2 Å². The minimum absolute atomic E-state index is 0.0933. The molecule has 0 aromatic carbocycles. The normalized spacial score (nSPS) is 13.2. The molecule has 24 heavy (non-hydrogen) atoms. The average molecular weight is 372 g/mol. The summed E-state index contributed by atoms with van der Waals surface area (Å²) in [6, 6.07) is 4.58. The van der Waals surface area contributed by atoms with Gasteiger partial charge in [0, 0.05) is 23.6 Å². The van der Waals surface area contributed by atoms with Gasteiger partial charge in [0.25, 0.3) is 11.9 Å². The molecule has 2 rings (SSSR count). The van der Waals surface area contributed by atoms with Gasteiger partial charge in [-0.25, -0.2) is 9.59 Å². The Morgan fingerprint density at radius 2 is 1.33 bits per heavy atom. The molecule has 4 N–H and O–H groups in total. The summed E-state index contributed by atoms with van der Waals surface area (Å²) in [5, 5.41) is 0. The minimum Gasteiger partial charge on any atom is -0.434 e. The number of carbonyl (C=O) groups excluding carboxylic acids is 2. The van der Waals surface area contributed by atoms with Crippen molar-refractivity contribution in [1.29, 1.82) is 0 Å². The van der Waals surface area contributed by atoms with Gasteiger partial charge in [0.1, 0.15) is 12.1 Å². The quantitative estimate of drug-likeness (QED) is 0.378. The molecule has 0 bridgehead atoms. The highest BCUT2D eigenvalue weighted by molar-refractivity contribution is 8.76. The van der Waals surface area contributed by atoms with E-state index in [1.807, 2.05) is 0 Å². The van der Waals surface area contributed by atoms with Gasteiger partial charge < -0.3 is 29.8 Å². The number of hydrogen-bond donors (Lipinski definition) is 2. The topological polar surface area (TPSA) is 131 Å². The molecule has 0 unspecified atom stereocenters. The van der Waals surface area contributed by atoms with Crippen molar-refractivity contribution in [2.45, 2.75) is 12.1 Å². The van der Waals surface area contributed by atoms with Gasteiger partial charge in [0.15, 0.2) is 0 Å². The Morgan fingerprint density at radius 3 is 1.67 bits per heavy atom. The first-order valence-electron chi connectivity index (χ1n) is 6.82. The van der Waals surface area contributed by atoms with Crippen molar-refractivity contribution in [3.05, 3.63) is 36.8 Å². The maximum atomic E-state index is 11.7. The fourth-order valence-corrected chi connectivity index (χ4v) is 3.59. The predicted octanol–water partition coefficient (Wildman–Crippen LogP) is 1.42. The second-order valence-electron chi connectivity index (χ2n) is 4.49. The van der Waals surface area contributed by atoms with Crippen molar-refractivity contribution in [2.24, 2.45) is 11.5 Å². The van der Waals surface area contributed by atoms with Crippen molar-refractivity contribution in [3.63, 3.8) is 0 Å². The summed E-state index contributed by atoms with van der Waals surface area (Å²) in [5.41, 5.74) is 11.4. The van der Waals surface area contributed by atoms with Gasteiger partial charge in [0.05, 0.1) is 12.5 Å². The Kier molecular flexibility index (Phi) is 7.25. The minimum atomic E-state index is -0.820. The summed E-state index contributed by atoms with van der Waals surface area (Å²) < 4.78 is 19.6. The third-order valence-corrected chi connectivity index (χ3v) is 5.05. The molecule has 0 aliphatic carbocycles. The maximum Gasteiger partial charge on any atom is 0.331 e. The van der Waals surface area contributed by atoms with Crippen LogP contribution in [0.4, 0.5) is 0 Å². The molecule has 0 radical (unpaired) electrons. The number of furan rings is 2. The third-order valence-electron chi connectivity index (χ3n) is 2.58. The molecule has 8 nitrogen and oxygen atoms in total. The van der Waals surface area contributed by atoms with Crippen LogP contribution in [0.2, 0.25) is 0 Å². The van der Waals surface area contributed by atoms with Gasteiger partial charge in [-0.1, -0.05) is 21.6 Å². The molecule has 2 aromatic heterocycles. The number of carbonyl (C=O) groups is 2. The number of hydrogen-bond acceptors (Lipinski definition) is 10. The lowest BCUT2D eigenvalue weighted by atomic mass is 10.4. The van der Waals surface area contributed by atoms with E-state index in [2.05, 4.69) is 0 Å². The van der Waals surface area contributed by atoms with E-state index in [9.17, 15) is 9.59 Å². The monoisotopic (exact) mass is 372 g/mol. The van der Waals surface area contributed by atoms with Crippen molar-refractivity contribution in [1.82, 2.24) is 0 Å². The summed E-state index contributed by atoms with van der Waals surface area (Å²) in [6.45, 7) is 0. The van der Waals surface area contributed by atoms with Crippen molar-refractivity contribution in [2.75, 3.05) is 11.5 Å². The van der Waals surface area contributed by atoms with Gasteiger partial charge in [-0.3, -0.25) is 0 Å². The highest BCUT2D eigenvalue weighted by atomic mass is 33.1. The van der Waals surface area contributed by atoms with Crippen molar-refractivity contribution >= 4 is 33.5 Å². The molecule has 0 aliphatic heterocycles. The number of ether oxygens (including phenoxy) is 2. The van der Waals surface area contributed by atoms with E-state index in [0.29, 0.717) is 11.5 Å². The second kappa shape index (κ2) is 9.42. The van der Waals surface area contributed by atoms with Gasteiger partial charge >= 0.3 is 11.9 Å². The van der Waals surface area contributed by atoms with Crippen LogP contribution in [-0.2, 0) is 9.59 Å². The van der Waals surface area contributed by atoms with Gasteiger partial charge in [0.2, 0.25) is 0 Å². The van der Waals surface area contributed by atoms with E-state index in [1.54, 1.807) is 12.1 Å². The van der Waals surface area contributed by atoms with Crippen molar-refractivity contribution < 1.29 is 27.9 Å². The molecular weight excluding hydrogens is 356 g/mol. The zero-order chi connectivity index (χ0) is 17.4. The summed E-state index contributed by atoms with van der Waals surface area (Å²) in [5.74, 6) is -0.417. The van der Waals surface area contributed by atoms with E-state index < -0.39 is 24.0 Å². The first-order valence-corrected chi connectivity index (χ1v) is 9.31. The molecule has 2 atom stereocenters. The van der Waals surface area contributed by atoms with Crippen LogP contribution in [0.25, 0.3) is 0 Å². The second-order valence-corrected chi connectivity index (χ2v) is 7.04. The van der Waals surface area contributed by atoms with Crippen LogP contribution in [0.3, 0.4) is 0 Å². The highest BCUT2D eigenvalue weighted by Gasteiger charge is 2.20. The van der Waals surface area contributed by atoms with Crippen LogP contribution in [0.5, 0.6) is 11.9 Å². The van der Waals surface area contributed by atoms with Crippen LogP contribution in [-0.4, -0.2) is 35.5 Å². The van der Waals surface area contributed by atoms with E-state index in [-0.39, 0.29) is 11.9 Å². The Bertz CT molecular complexity index is 576. The van der Waals surface area contributed by atoms with Crippen LogP contribution >= 0.6 is 21.6 Å². The van der Waals surface area contributed by atoms with Crippen LogP contribution < -0.4 is 20.9 Å². The zero-order valence-corrected chi connectivity index (χ0v) is 14.1. The number of nitrogens with two attached hydrogens (primary N) is 2. The van der Waals surface area contributed by atoms with Gasteiger partial charge in [-0.05, 0) is 12.1 Å². The Hall–Kier alpha value is -1.88. The zero-order valence-electron chi connectivity index (χ0n) is 12.5. The standard InChI is InChI=1S/C14H16N2O6S2/c15-9(13(17)21-11-3-1-5-19-11)7-23-24-8-10(16)14(18)22-12-4-2-6-20-12/h1-6,9-10H,7-8,15-16H2/t9-,10-/m0/s1. The van der Waals surface area contributed by atoms with Crippen molar-refractivity contribution in [3.8, 4) is 11.9 Å². The molecule has 0 saturated carbocycles. The largest absolute Gasteiger partial charge is 0.434 e. The fraction of sp³-hybridized carbons (Fsp3) is 0.286. The number of rotatable bonds is 9. The Morgan fingerprint density at radius 1 is 0.917 bits per heavy atom. The predicted molar refractivity (Wildman–Crippen MR) is 89.6 cm³/mol. The lowest BCUT2D eigenvalue weighted by Gasteiger charge is -2.11. The Labute approximate surface area is 145 Å². The summed E-state index contributed by atoms with van der Waals surface area (Å²) in [4.78, 5) is 23.4. The smallest absolute Gasteiger partial charge is 0.331 e. The molecule has 130 valence electrons. The van der Waals surface area contributed by atoms with Gasteiger partial charge in [-0.15, -0.1) is 0 Å². The first kappa shape index (κ1) is 18.5.